The number of nitrogens with two attached hydrogens (primary N) is 2. The van der Waals surface area contributed by atoms with Gasteiger partial charge >= 0.3 is 0 Å². The van der Waals surface area contributed by atoms with Gasteiger partial charge < -0.3 is 31.7 Å². The molecule has 0 radical (unpaired) electrons. The number of aliphatic hydroxyl groups excluding tert-OH is 1. The van der Waals surface area contributed by atoms with Crippen LogP contribution in [0.4, 0.5) is 11.4 Å². The first-order valence-electron chi connectivity index (χ1n) is 10.6. The quantitative estimate of drug-likeness (QED) is 0.196. The summed E-state index contributed by atoms with van der Waals surface area (Å²) in [6, 6.07) is 0. The lowest BCUT2D eigenvalue weighted by molar-refractivity contribution is -0.189. The number of anilines is 2. The number of primary amides is 1. The number of rotatable bonds is 2. The summed E-state index contributed by atoms with van der Waals surface area (Å²) in [4.78, 5) is 66.0. The monoisotopic (exact) mass is 493 g/mol. The van der Waals surface area contributed by atoms with Crippen LogP contribution in [0.25, 0.3) is 0 Å². The number of phenols is 1. The minimum absolute atomic E-state index is 0.0280. The van der Waals surface area contributed by atoms with Gasteiger partial charge in [-0.2, -0.15) is 0 Å². The summed E-state index contributed by atoms with van der Waals surface area (Å²) in [7, 11) is 3.26. The molecule has 4 rings (SSSR count). The topological polar surface area (TPSA) is 201 Å². The minimum Gasteiger partial charge on any atom is -0.505 e. The van der Waals surface area contributed by atoms with Crippen LogP contribution in [0.1, 0.15) is 35.2 Å². The third-order valence-corrected chi connectivity index (χ3v) is 7.90. The molecule has 0 bridgehead atoms. The van der Waals surface area contributed by atoms with Crippen molar-refractivity contribution in [3.05, 3.63) is 16.1 Å². The van der Waals surface area contributed by atoms with E-state index in [-0.39, 0.29) is 21.8 Å². The number of hydrogen-bond donors (Lipinski definition) is 5. The molecular weight excluding hydrogens is 470 g/mol. The van der Waals surface area contributed by atoms with Crippen molar-refractivity contribution in [3.8, 4) is 5.75 Å². The van der Waals surface area contributed by atoms with E-state index in [9.17, 15) is 39.3 Å². The third kappa shape index (κ3) is 2.74. The van der Waals surface area contributed by atoms with Gasteiger partial charge in [0.15, 0.2) is 40.4 Å². The van der Waals surface area contributed by atoms with E-state index >= 15 is 0 Å². The molecule has 2 unspecified atom stereocenters. The van der Waals surface area contributed by atoms with Gasteiger partial charge in [0.25, 0.3) is 0 Å². The second-order valence-electron chi connectivity index (χ2n) is 9.41. The predicted octanol–water partition coefficient (Wildman–Crippen LogP) is -0.840. The highest BCUT2D eigenvalue weighted by Gasteiger charge is 2.70. The highest BCUT2D eigenvalue weighted by molar-refractivity contribution is 6.37. The van der Waals surface area contributed by atoms with Gasteiger partial charge in [0.05, 0.1) is 34.0 Å². The molecule has 3 aliphatic carbocycles. The van der Waals surface area contributed by atoms with Crippen molar-refractivity contribution in [2.45, 2.75) is 31.0 Å². The van der Waals surface area contributed by atoms with Gasteiger partial charge in [-0.3, -0.25) is 24.0 Å². The van der Waals surface area contributed by atoms with Crippen LogP contribution in [0.2, 0.25) is 5.02 Å². The summed E-state index contributed by atoms with van der Waals surface area (Å²) in [5.74, 6) is -13.9. The highest BCUT2D eigenvalue weighted by atomic mass is 35.5. The van der Waals surface area contributed by atoms with Crippen LogP contribution in [0.15, 0.2) is 0 Å². The number of phenolic OH excluding ortho intramolecular Hbond substituents is 1. The van der Waals surface area contributed by atoms with Crippen molar-refractivity contribution in [1.29, 1.82) is 0 Å². The molecule has 0 aliphatic heterocycles. The lowest BCUT2D eigenvalue weighted by atomic mass is 9.50. The molecule has 2 fully saturated rings. The average molecular weight is 494 g/mol. The van der Waals surface area contributed by atoms with Crippen LogP contribution in [-0.4, -0.2) is 70.2 Å². The summed E-state index contributed by atoms with van der Waals surface area (Å²) in [6.07, 6.45) is -2.32. The first-order valence-corrected chi connectivity index (χ1v) is 10.9. The molecular formula is C22H24ClN3O8. The normalized spacial score (nSPS) is 34.9. The molecule has 3 aliphatic rings. The molecule has 12 heteroatoms. The largest absolute Gasteiger partial charge is 0.505 e. The molecule has 7 atom stereocenters. The predicted molar refractivity (Wildman–Crippen MR) is 118 cm³/mol. The first kappa shape index (κ1) is 24.1. The average Bonchev–Trinajstić information content (AvgIpc) is 2.74. The maximum absolute atomic E-state index is 13.6. The maximum atomic E-state index is 13.6. The van der Waals surface area contributed by atoms with Gasteiger partial charge in [0.2, 0.25) is 5.91 Å². The fraction of sp³-hybridized carbons (Fsp3) is 0.500. The Hall–Kier alpha value is -3.02. The van der Waals surface area contributed by atoms with Crippen molar-refractivity contribution in [3.63, 3.8) is 0 Å². The molecule has 1 amide bonds. The number of nitrogen functional groups attached to an aromatic ring is 1. The van der Waals surface area contributed by atoms with Gasteiger partial charge in [-0.05, 0) is 11.5 Å². The van der Waals surface area contributed by atoms with E-state index in [0.29, 0.717) is 5.69 Å². The number of hydrogen-bond acceptors (Lipinski definition) is 10. The van der Waals surface area contributed by atoms with Crippen molar-refractivity contribution >= 4 is 52.0 Å². The zero-order chi connectivity index (χ0) is 25.6. The molecule has 0 saturated heterocycles. The van der Waals surface area contributed by atoms with Gasteiger partial charge in [-0.1, -0.05) is 18.5 Å². The van der Waals surface area contributed by atoms with Gasteiger partial charge in [-0.15, -0.1) is 0 Å². The van der Waals surface area contributed by atoms with E-state index < -0.39 is 82.5 Å². The summed E-state index contributed by atoms with van der Waals surface area (Å²) in [5, 5.41) is 33.2. The number of amides is 1. The van der Waals surface area contributed by atoms with E-state index in [1.54, 1.807) is 25.9 Å². The Kier molecular flexibility index (Phi) is 5.31. The SMILES string of the molecule is C[C@H]1c2c(c(O)c(N)c(Cl)c2N(C)C)C(=O)C2C(=O)[C@]3(O)C(=O)C(C(N)=O)C(=O)C[C@@H]3[C@@H](O)[C@@H]21. The summed E-state index contributed by atoms with van der Waals surface area (Å²) in [6.45, 7) is 1.60. The highest BCUT2D eigenvalue weighted by Crippen LogP contribution is 2.57. The molecule has 2 saturated carbocycles. The molecule has 182 valence electrons. The molecule has 0 heterocycles. The zero-order valence-electron chi connectivity index (χ0n) is 18.5. The van der Waals surface area contributed by atoms with Gasteiger partial charge in [-0.25, -0.2) is 0 Å². The van der Waals surface area contributed by atoms with E-state index in [0.717, 1.165) is 0 Å². The van der Waals surface area contributed by atoms with Crippen molar-refractivity contribution in [1.82, 2.24) is 0 Å². The third-order valence-electron chi connectivity index (χ3n) is 7.52. The Morgan fingerprint density at radius 2 is 1.76 bits per heavy atom. The number of Topliss-reactive ketones (excluding diaryl/α,β-unsaturated/α-hetero) is 4. The van der Waals surface area contributed by atoms with Crippen LogP contribution < -0.4 is 16.4 Å². The number of aliphatic hydroxyl groups is 2. The Labute approximate surface area is 198 Å². The number of carbonyl (C=O) groups excluding carboxylic acids is 5. The number of halogens is 1. The molecule has 7 N–H and O–H groups in total. The zero-order valence-corrected chi connectivity index (χ0v) is 19.3. The van der Waals surface area contributed by atoms with Crippen LogP contribution >= 0.6 is 11.6 Å². The fourth-order valence-electron chi connectivity index (χ4n) is 5.96. The summed E-state index contributed by atoms with van der Waals surface area (Å²) < 4.78 is 0. The van der Waals surface area contributed by atoms with Gasteiger partial charge in [0, 0.05) is 32.4 Å². The first-order chi connectivity index (χ1) is 15.7. The summed E-state index contributed by atoms with van der Waals surface area (Å²) in [5.41, 5.74) is 8.05. The van der Waals surface area contributed by atoms with Crippen molar-refractivity contribution in [2.24, 2.45) is 29.4 Å². The minimum atomic E-state index is -2.97. The molecule has 34 heavy (non-hydrogen) atoms. The number of benzene rings is 1. The number of fused-ring (bicyclic) bond motifs is 3. The number of aromatic hydroxyl groups is 1. The fourth-order valence-corrected chi connectivity index (χ4v) is 6.32. The Morgan fingerprint density at radius 3 is 2.29 bits per heavy atom. The lowest BCUT2D eigenvalue weighted by Gasteiger charge is -2.53. The summed E-state index contributed by atoms with van der Waals surface area (Å²) >= 11 is 6.36. The molecule has 0 spiro atoms. The number of ketones is 4. The number of carbonyl (C=O) groups is 5. The van der Waals surface area contributed by atoms with E-state index in [1.165, 1.54) is 0 Å². The van der Waals surface area contributed by atoms with Gasteiger partial charge in [0.1, 0.15) is 0 Å². The second-order valence-corrected chi connectivity index (χ2v) is 9.79. The molecule has 1 aromatic carbocycles. The number of nitrogens with zero attached hydrogens (tertiary/aromatic N) is 1. The standard InChI is InChI=1S/C22H24ClN3O8/c1-5-8-11(18(30)14(24)13(23)15(8)26(2)3)17(29)12-9(5)16(28)6-4-7(27)10(21(25)33)19(31)22(6,34)20(12)32/h5-6,9-10,12,16,28,30,34H,4,24H2,1-3H3,(H2,25,33)/t5-,6+,9+,10?,12?,16+,22+/m0/s1. The Morgan fingerprint density at radius 1 is 1.18 bits per heavy atom. The Bertz CT molecular complexity index is 1200. The lowest BCUT2D eigenvalue weighted by Crippen LogP contribution is -2.72. The van der Waals surface area contributed by atoms with E-state index in [1.807, 2.05) is 0 Å². The second kappa shape index (κ2) is 7.49. The Balaban J connectivity index is 1.97. The molecule has 1 aromatic rings. The van der Waals surface area contributed by atoms with Crippen molar-refractivity contribution < 1.29 is 39.3 Å². The van der Waals surface area contributed by atoms with Crippen molar-refractivity contribution in [2.75, 3.05) is 24.7 Å². The maximum Gasteiger partial charge on any atom is 0.235 e. The smallest absolute Gasteiger partial charge is 0.235 e. The molecule has 11 nitrogen and oxygen atoms in total. The van der Waals surface area contributed by atoms with Crippen LogP contribution in [0.5, 0.6) is 5.75 Å². The van der Waals surface area contributed by atoms with E-state index in [2.05, 4.69) is 0 Å². The van der Waals surface area contributed by atoms with E-state index in [4.69, 9.17) is 23.1 Å². The molecule has 0 aromatic heterocycles. The van der Waals surface area contributed by atoms with Crippen LogP contribution in [0.3, 0.4) is 0 Å². The van der Waals surface area contributed by atoms with Crippen LogP contribution in [0, 0.1) is 23.7 Å². The van der Waals surface area contributed by atoms with Crippen LogP contribution in [-0.2, 0) is 19.2 Å².